The van der Waals surface area contributed by atoms with Crippen molar-refractivity contribution < 1.29 is 17.9 Å². The van der Waals surface area contributed by atoms with Crippen LogP contribution in [0, 0.1) is 6.92 Å². The highest BCUT2D eigenvalue weighted by Crippen LogP contribution is 2.53. The fourth-order valence-electron chi connectivity index (χ4n) is 5.32. The second kappa shape index (κ2) is 8.60. The third-order valence-electron chi connectivity index (χ3n) is 7.43. The van der Waals surface area contributed by atoms with Gasteiger partial charge in [-0.2, -0.15) is 5.10 Å². The molecule has 2 aromatic heterocycles. The zero-order chi connectivity index (χ0) is 24.3. The summed E-state index contributed by atoms with van der Waals surface area (Å²) >= 11 is 6.27. The Morgan fingerprint density at radius 3 is 2.77 bits per heavy atom. The number of fused-ring (bicyclic) bond motifs is 1. The lowest BCUT2D eigenvalue weighted by Gasteiger charge is -2.38. The van der Waals surface area contributed by atoms with E-state index in [1.807, 2.05) is 19.1 Å². The lowest BCUT2D eigenvalue weighted by Crippen LogP contribution is -2.46. The van der Waals surface area contributed by atoms with E-state index in [1.165, 1.54) is 6.20 Å². The fourth-order valence-corrected chi connectivity index (χ4v) is 5.58. The van der Waals surface area contributed by atoms with Crippen molar-refractivity contribution in [3.63, 3.8) is 0 Å². The van der Waals surface area contributed by atoms with Gasteiger partial charge in [0.15, 0.2) is 5.15 Å². The quantitative estimate of drug-likeness (QED) is 0.523. The molecule has 35 heavy (non-hydrogen) atoms. The summed E-state index contributed by atoms with van der Waals surface area (Å²) in [6, 6.07) is 3.22. The van der Waals surface area contributed by atoms with Crippen molar-refractivity contribution in [1.82, 2.24) is 24.6 Å². The Labute approximate surface area is 205 Å². The van der Waals surface area contributed by atoms with Gasteiger partial charge in [-0.15, -0.1) is 0 Å². The number of hydrogen-bond acceptors (Lipinski definition) is 6. The van der Waals surface area contributed by atoms with Crippen LogP contribution in [0.4, 0.5) is 24.8 Å². The fraction of sp³-hybridized carbons (Fsp3) is 0.542. The van der Waals surface area contributed by atoms with Gasteiger partial charge in [-0.25, -0.2) is 27.8 Å². The third-order valence-corrected chi connectivity index (χ3v) is 7.81. The lowest BCUT2D eigenvalue weighted by atomic mass is 9.84. The molecule has 4 heterocycles. The van der Waals surface area contributed by atoms with Crippen LogP contribution in [0.3, 0.4) is 0 Å². The number of halogens is 4. The summed E-state index contributed by atoms with van der Waals surface area (Å²) in [5.74, 6) is -2.71. The van der Waals surface area contributed by atoms with E-state index in [0.717, 1.165) is 47.2 Å². The highest BCUT2D eigenvalue weighted by atomic mass is 35.5. The molecule has 4 atom stereocenters. The molecule has 1 aliphatic carbocycles. The minimum atomic E-state index is -2.78. The molecule has 2 saturated heterocycles. The first-order valence-corrected chi connectivity index (χ1v) is 12.3. The van der Waals surface area contributed by atoms with E-state index in [0.29, 0.717) is 30.4 Å². The van der Waals surface area contributed by atoms with Gasteiger partial charge in [0.25, 0.3) is 5.92 Å². The summed E-state index contributed by atoms with van der Waals surface area (Å²) in [5.41, 5.74) is 3.01. The van der Waals surface area contributed by atoms with E-state index in [2.05, 4.69) is 25.3 Å². The second-order valence-electron chi connectivity index (χ2n) is 9.78. The van der Waals surface area contributed by atoms with Gasteiger partial charge in [0.1, 0.15) is 12.2 Å². The lowest BCUT2D eigenvalue weighted by molar-refractivity contribution is 0.0728. The maximum absolute atomic E-state index is 15.4. The van der Waals surface area contributed by atoms with Gasteiger partial charge in [0, 0.05) is 43.1 Å². The molecule has 1 saturated carbocycles. The number of anilines is 2. The Morgan fingerprint density at radius 2 is 2.06 bits per heavy atom. The molecule has 2 aliphatic heterocycles. The van der Waals surface area contributed by atoms with E-state index >= 15 is 4.39 Å². The number of alkyl halides is 3. The van der Waals surface area contributed by atoms with Gasteiger partial charge in [-0.1, -0.05) is 11.6 Å². The highest BCUT2D eigenvalue weighted by molar-refractivity contribution is 6.32. The first kappa shape index (κ1) is 23.0. The number of hydrogen-bond donors (Lipinski definition) is 1. The van der Waals surface area contributed by atoms with Gasteiger partial charge >= 0.3 is 0 Å². The predicted molar refractivity (Wildman–Crippen MR) is 126 cm³/mol. The molecule has 6 rings (SSSR count). The monoisotopic (exact) mass is 506 g/mol. The van der Waals surface area contributed by atoms with Gasteiger partial charge in [-0.05, 0) is 49.6 Å². The molecule has 7 nitrogen and oxygen atoms in total. The summed E-state index contributed by atoms with van der Waals surface area (Å²) in [7, 11) is 0. The molecule has 186 valence electrons. The van der Waals surface area contributed by atoms with Crippen LogP contribution in [0.2, 0.25) is 5.15 Å². The predicted octanol–water partition coefficient (Wildman–Crippen LogP) is 5.03. The average Bonchev–Trinajstić information content (AvgIpc) is 3.18. The third kappa shape index (κ3) is 4.25. The van der Waals surface area contributed by atoms with Crippen molar-refractivity contribution >= 4 is 34.1 Å². The number of nitrogens with zero attached hydrogens (tertiary/aromatic N) is 5. The van der Waals surface area contributed by atoms with Crippen LogP contribution in [-0.2, 0) is 4.74 Å². The van der Waals surface area contributed by atoms with Crippen LogP contribution in [0.5, 0.6) is 0 Å². The second-order valence-corrected chi connectivity index (χ2v) is 10.1. The van der Waals surface area contributed by atoms with Crippen molar-refractivity contribution in [2.24, 2.45) is 0 Å². The summed E-state index contributed by atoms with van der Waals surface area (Å²) in [6.45, 7) is 4.68. The molecule has 0 spiro atoms. The summed E-state index contributed by atoms with van der Waals surface area (Å²) in [6.07, 6.45) is 3.54. The average molecular weight is 507 g/mol. The topological polar surface area (TPSA) is 68.1 Å². The molecule has 0 bridgehead atoms. The number of aromatic nitrogens is 4. The molecule has 0 radical (unpaired) electrons. The molecular weight excluding hydrogens is 481 g/mol. The summed E-state index contributed by atoms with van der Waals surface area (Å²) in [4.78, 5) is 11.1. The van der Waals surface area contributed by atoms with Crippen molar-refractivity contribution in [2.45, 2.75) is 56.3 Å². The van der Waals surface area contributed by atoms with Crippen molar-refractivity contribution in [3.05, 3.63) is 40.8 Å². The number of benzene rings is 1. The number of piperidine rings is 1. The molecule has 1 N–H and O–H groups in total. The molecule has 3 aliphatic rings. The van der Waals surface area contributed by atoms with Crippen LogP contribution < -0.4 is 5.32 Å². The number of ether oxygens (including phenoxy) is 1. The maximum atomic E-state index is 15.4. The SMILES string of the molecule is Cc1cc2cnc(Nc3cnn(C4CC4(F)F)c3Cl)nc2cc1C1CCN(C2CCOC2)CC1F. The molecular formula is C24H26ClF3N6O. The van der Waals surface area contributed by atoms with Crippen LogP contribution >= 0.6 is 11.6 Å². The Morgan fingerprint density at radius 1 is 1.23 bits per heavy atom. The van der Waals surface area contributed by atoms with E-state index in [1.54, 1.807) is 6.20 Å². The molecule has 3 fully saturated rings. The van der Waals surface area contributed by atoms with Crippen LogP contribution in [0.1, 0.15) is 42.3 Å². The number of nitrogens with one attached hydrogen (secondary N) is 1. The van der Waals surface area contributed by atoms with E-state index < -0.39 is 18.1 Å². The maximum Gasteiger partial charge on any atom is 0.272 e. The smallest absolute Gasteiger partial charge is 0.272 e. The van der Waals surface area contributed by atoms with E-state index in [-0.39, 0.29) is 23.4 Å². The van der Waals surface area contributed by atoms with Crippen LogP contribution in [-0.4, -0.2) is 69.1 Å². The van der Waals surface area contributed by atoms with E-state index in [4.69, 9.17) is 16.3 Å². The number of likely N-dealkylation sites (tertiary alicyclic amines) is 1. The van der Waals surface area contributed by atoms with Crippen molar-refractivity contribution in [1.29, 1.82) is 0 Å². The summed E-state index contributed by atoms with van der Waals surface area (Å²) < 4.78 is 48.8. The molecule has 11 heteroatoms. The molecule has 1 aromatic carbocycles. The first-order chi connectivity index (χ1) is 16.8. The largest absolute Gasteiger partial charge is 0.380 e. The Bertz CT molecular complexity index is 1260. The van der Waals surface area contributed by atoms with Gasteiger partial charge in [-0.3, -0.25) is 4.90 Å². The minimum absolute atomic E-state index is 0.0835. The zero-order valence-electron chi connectivity index (χ0n) is 19.2. The molecule has 0 amide bonds. The van der Waals surface area contributed by atoms with Gasteiger partial charge in [0.2, 0.25) is 5.95 Å². The van der Waals surface area contributed by atoms with Crippen molar-refractivity contribution in [3.8, 4) is 0 Å². The summed E-state index contributed by atoms with van der Waals surface area (Å²) in [5, 5.41) is 7.90. The first-order valence-electron chi connectivity index (χ1n) is 11.9. The van der Waals surface area contributed by atoms with Crippen LogP contribution in [0.25, 0.3) is 10.9 Å². The van der Waals surface area contributed by atoms with Crippen LogP contribution in [0.15, 0.2) is 24.5 Å². The number of rotatable bonds is 5. The van der Waals surface area contributed by atoms with Gasteiger partial charge < -0.3 is 10.1 Å². The Hall–Kier alpha value is -2.43. The minimum Gasteiger partial charge on any atom is -0.380 e. The van der Waals surface area contributed by atoms with E-state index in [9.17, 15) is 8.78 Å². The Kier molecular flexibility index (Phi) is 5.65. The number of aryl methyl sites for hydroxylation is 1. The Balaban J connectivity index is 1.23. The van der Waals surface area contributed by atoms with Crippen molar-refractivity contribution in [2.75, 3.05) is 31.6 Å². The molecule has 4 unspecified atom stereocenters. The zero-order valence-corrected chi connectivity index (χ0v) is 20.0. The molecule has 3 aromatic rings. The normalized spacial score (nSPS) is 28.5. The van der Waals surface area contributed by atoms with Gasteiger partial charge in [0.05, 0.1) is 24.0 Å². The highest BCUT2D eigenvalue weighted by Gasteiger charge is 2.59. The standard InChI is InChI=1S/C24H26ClF3N6O/c1-13-6-14-9-29-23(32-20-10-30-34(22(20)25)21-8-24(21,27)28)31-19(14)7-17(13)16-2-4-33(11-18(16)26)15-3-5-35-12-15/h6-7,9-10,15-16,18,21H,2-5,8,11-12H2,1H3,(H,29,31,32).